The second-order valence-corrected chi connectivity index (χ2v) is 10.9. The first-order valence-electron chi connectivity index (χ1n) is 12.5. The van der Waals surface area contributed by atoms with Crippen LogP contribution in [-0.2, 0) is 9.53 Å². The fraction of sp³-hybridized carbons (Fsp3) is 0.519. The molecule has 37 heavy (non-hydrogen) atoms. The highest BCUT2D eigenvalue weighted by Gasteiger charge is 2.39. The minimum atomic E-state index is -1.67. The molecule has 0 unspecified atom stereocenters. The third-order valence-electron chi connectivity index (χ3n) is 6.54. The van der Waals surface area contributed by atoms with Crippen LogP contribution in [0.25, 0.3) is 11.0 Å². The Hall–Kier alpha value is -3.74. The topological polar surface area (TPSA) is 111 Å². The van der Waals surface area contributed by atoms with Crippen molar-refractivity contribution in [2.24, 2.45) is 0 Å². The molecular weight excluding hydrogens is 475 g/mol. The van der Waals surface area contributed by atoms with Crippen molar-refractivity contribution in [1.82, 2.24) is 20.2 Å². The maximum atomic E-state index is 15.5. The number of nitrogens with zero attached hydrogens (tertiary/aromatic N) is 5. The maximum Gasteiger partial charge on any atom is 0.410 e. The summed E-state index contributed by atoms with van der Waals surface area (Å²) in [5.74, 6) is -0.367. The van der Waals surface area contributed by atoms with Gasteiger partial charge in [0.1, 0.15) is 28.4 Å². The van der Waals surface area contributed by atoms with Crippen LogP contribution in [0.15, 0.2) is 36.2 Å². The van der Waals surface area contributed by atoms with Gasteiger partial charge >= 0.3 is 6.09 Å². The summed E-state index contributed by atoms with van der Waals surface area (Å²) in [7, 11) is 0. The number of hydrogen-bond acceptors (Lipinski definition) is 7. The molecule has 2 aliphatic rings. The first-order chi connectivity index (χ1) is 17.5. The van der Waals surface area contributed by atoms with Crippen molar-refractivity contribution in [3.8, 4) is 6.07 Å². The average Bonchev–Trinajstić information content (AvgIpc) is 2.82. The van der Waals surface area contributed by atoms with Crippen molar-refractivity contribution in [2.75, 3.05) is 31.1 Å². The van der Waals surface area contributed by atoms with Crippen LogP contribution >= 0.6 is 0 Å². The van der Waals surface area contributed by atoms with Gasteiger partial charge in [-0.25, -0.2) is 9.18 Å². The van der Waals surface area contributed by atoms with Gasteiger partial charge in [0.25, 0.3) is 0 Å². The standard InChI is InChI=1S/C27H33FN6O3/c1-18-13-20(17-34(16-18)21-6-5-19(15-29)23-24(21)31-10-9-30-23)32-22(35)14-27(28)7-11-33(12-8-27)25(36)37-26(2,3)4/h5-6,9-10,13,20H,7-8,11-12,14,16-17H2,1-4H3,(H,32,35)/t20-/m1/s1. The van der Waals surface area contributed by atoms with E-state index in [1.54, 1.807) is 39.2 Å². The van der Waals surface area contributed by atoms with Crippen molar-refractivity contribution in [1.29, 1.82) is 5.26 Å². The van der Waals surface area contributed by atoms with Crippen LogP contribution in [0.5, 0.6) is 0 Å². The number of likely N-dealkylation sites (tertiary alicyclic amines) is 1. The molecule has 1 fully saturated rings. The zero-order chi connectivity index (χ0) is 26.8. The number of alkyl halides is 1. The zero-order valence-electron chi connectivity index (χ0n) is 21.8. The fourth-order valence-electron chi connectivity index (χ4n) is 4.85. The monoisotopic (exact) mass is 508 g/mol. The van der Waals surface area contributed by atoms with E-state index in [0.29, 0.717) is 29.7 Å². The Kier molecular flexibility index (Phi) is 7.35. The van der Waals surface area contributed by atoms with Crippen molar-refractivity contribution in [2.45, 2.75) is 64.3 Å². The first kappa shape index (κ1) is 26.3. The Morgan fingerprint density at radius 1 is 1.22 bits per heavy atom. The molecule has 2 aromatic rings. The molecule has 2 amide bonds. The molecule has 0 bridgehead atoms. The van der Waals surface area contributed by atoms with Gasteiger partial charge in [-0.2, -0.15) is 5.26 Å². The number of anilines is 1. The summed E-state index contributed by atoms with van der Waals surface area (Å²) in [5, 5.41) is 12.4. The van der Waals surface area contributed by atoms with Crippen LogP contribution in [0.4, 0.5) is 14.9 Å². The normalized spacial score (nSPS) is 19.7. The van der Waals surface area contributed by atoms with Crippen LogP contribution in [0.3, 0.4) is 0 Å². The molecule has 4 rings (SSSR count). The highest BCUT2D eigenvalue weighted by atomic mass is 19.1. The van der Waals surface area contributed by atoms with Crippen LogP contribution in [0, 0.1) is 11.3 Å². The van der Waals surface area contributed by atoms with Crippen molar-refractivity contribution in [3.05, 3.63) is 41.7 Å². The molecule has 196 valence electrons. The number of aromatic nitrogens is 2. The third-order valence-corrected chi connectivity index (χ3v) is 6.54. The number of fused-ring (bicyclic) bond motifs is 1. The minimum Gasteiger partial charge on any atom is -0.444 e. The number of piperidine rings is 1. The summed E-state index contributed by atoms with van der Waals surface area (Å²) in [4.78, 5) is 37.5. The zero-order valence-corrected chi connectivity index (χ0v) is 21.8. The molecule has 1 saturated heterocycles. The molecule has 0 saturated carbocycles. The third kappa shape index (κ3) is 6.34. The van der Waals surface area contributed by atoms with Gasteiger partial charge < -0.3 is 19.9 Å². The Morgan fingerprint density at radius 3 is 2.54 bits per heavy atom. The van der Waals surface area contributed by atoms with Gasteiger partial charge in [-0.3, -0.25) is 14.8 Å². The Bertz CT molecular complexity index is 1260. The first-order valence-corrected chi connectivity index (χ1v) is 12.5. The van der Waals surface area contributed by atoms with Gasteiger partial charge in [-0.05, 0) is 52.7 Å². The van der Waals surface area contributed by atoms with Crippen LogP contribution in [0.1, 0.15) is 52.5 Å². The SMILES string of the molecule is CC1=C[C@@H](NC(=O)CC2(F)CCN(C(=O)OC(C)(C)C)CC2)CN(c2ccc(C#N)c3nccnc23)C1. The van der Waals surface area contributed by atoms with Crippen molar-refractivity contribution < 1.29 is 18.7 Å². The molecule has 2 aliphatic heterocycles. The largest absolute Gasteiger partial charge is 0.444 e. The summed E-state index contributed by atoms with van der Waals surface area (Å²) in [6.45, 7) is 8.88. The molecule has 3 heterocycles. The molecule has 1 aromatic heterocycles. The summed E-state index contributed by atoms with van der Waals surface area (Å²) in [5.41, 5.74) is 1.20. The van der Waals surface area contributed by atoms with Gasteiger partial charge in [-0.1, -0.05) is 11.6 Å². The number of benzene rings is 1. The number of nitriles is 1. The summed E-state index contributed by atoms with van der Waals surface area (Å²) < 4.78 is 20.9. The predicted octanol–water partition coefficient (Wildman–Crippen LogP) is 3.88. The molecule has 0 aliphatic carbocycles. The highest BCUT2D eigenvalue weighted by Crippen LogP contribution is 2.32. The Morgan fingerprint density at radius 2 is 1.89 bits per heavy atom. The van der Waals surface area contributed by atoms with E-state index >= 15 is 4.39 Å². The van der Waals surface area contributed by atoms with Crippen LogP contribution in [-0.4, -0.2) is 70.4 Å². The number of ether oxygens (including phenoxy) is 1. The van der Waals surface area contributed by atoms with E-state index in [1.165, 1.54) is 4.90 Å². The van der Waals surface area contributed by atoms with Gasteiger partial charge in [-0.15, -0.1) is 0 Å². The quantitative estimate of drug-likeness (QED) is 0.624. The lowest BCUT2D eigenvalue weighted by Crippen LogP contribution is -2.50. The van der Waals surface area contributed by atoms with Gasteiger partial charge in [0.2, 0.25) is 5.91 Å². The van der Waals surface area contributed by atoms with Gasteiger partial charge in [0.15, 0.2) is 0 Å². The lowest BCUT2D eigenvalue weighted by molar-refractivity contribution is -0.125. The van der Waals surface area contributed by atoms with E-state index in [1.807, 2.05) is 19.1 Å². The maximum absolute atomic E-state index is 15.5. The van der Waals surface area contributed by atoms with E-state index in [-0.39, 0.29) is 44.3 Å². The van der Waals surface area contributed by atoms with Crippen molar-refractivity contribution >= 4 is 28.7 Å². The average molecular weight is 509 g/mol. The molecule has 0 spiro atoms. The number of hydrogen-bond donors (Lipinski definition) is 1. The number of halogens is 1. The van der Waals surface area contributed by atoms with E-state index in [9.17, 15) is 14.9 Å². The number of carbonyl (C=O) groups excluding carboxylic acids is 2. The molecule has 10 heteroatoms. The molecular formula is C27H33FN6O3. The number of carbonyl (C=O) groups is 2. The van der Waals surface area contributed by atoms with E-state index < -0.39 is 17.4 Å². The minimum absolute atomic E-state index is 0.0845. The predicted molar refractivity (Wildman–Crippen MR) is 138 cm³/mol. The number of nitrogens with one attached hydrogen (secondary N) is 1. The molecule has 1 N–H and O–H groups in total. The Balaban J connectivity index is 1.38. The van der Waals surface area contributed by atoms with E-state index in [4.69, 9.17) is 4.74 Å². The highest BCUT2D eigenvalue weighted by molar-refractivity contribution is 5.92. The lowest BCUT2D eigenvalue weighted by Gasteiger charge is -2.37. The second kappa shape index (κ2) is 10.3. The second-order valence-electron chi connectivity index (χ2n) is 10.9. The number of amides is 2. The lowest BCUT2D eigenvalue weighted by atomic mass is 9.89. The summed E-state index contributed by atoms with van der Waals surface area (Å²) >= 11 is 0. The molecule has 1 atom stereocenters. The molecule has 1 aromatic carbocycles. The Labute approximate surface area is 216 Å². The summed E-state index contributed by atoms with van der Waals surface area (Å²) in [6.07, 6.45) is 4.59. The summed E-state index contributed by atoms with van der Waals surface area (Å²) in [6, 6.07) is 5.42. The van der Waals surface area contributed by atoms with Gasteiger partial charge in [0.05, 0.1) is 23.7 Å². The number of rotatable bonds is 4. The van der Waals surface area contributed by atoms with E-state index in [0.717, 1.165) is 11.3 Å². The van der Waals surface area contributed by atoms with Crippen molar-refractivity contribution in [3.63, 3.8) is 0 Å². The van der Waals surface area contributed by atoms with Crippen LogP contribution < -0.4 is 10.2 Å². The van der Waals surface area contributed by atoms with E-state index in [2.05, 4.69) is 26.3 Å². The smallest absolute Gasteiger partial charge is 0.410 e. The van der Waals surface area contributed by atoms with Crippen LogP contribution in [0.2, 0.25) is 0 Å². The molecule has 0 radical (unpaired) electrons. The molecule has 9 nitrogen and oxygen atoms in total. The fourth-order valence-corrected chi connectivity index (χ4v) is 4.85. The van der Waals surface area contributed by atoms with Gasteiger partial charge in [0, 0.05) is 38.6 Å².